The minimum Gasteiger partial charge on any atom is -0.333 e. The van der Waals surface area contributed by atoms with Gasteiger partial charge in [-0.3, -0.25) is 0 Å². The molecule has 0 saturated carbocycles. The van der Waals surface area contributed by atoms with E-state index in [1.54, 1.807) is 12.1 Å². The van der Waals surface area contributed by atoms with E-state index in [1.165, 1.54) is 0 Å². The molecule has 1 aliphatic heterocycles. The lowest BCUT2D eigenvalue weighted by atomic mass is 9.97. The molecule has 7 heteroatoms. The van der Waals surface area contributed by atoms with Crippen LogP contribution in [0.15, 0.2) is 36.7 Å². The first-order valence-corrected chi connectivity index (χ1v) is 9.38. The molecule has 0 radical (unpaired) electrons. The molecule has 2 amide bonds. The van der Waals surface area contributed by atoms with Gasteiger partial charge in [-0.05, 0) is 51.2 Å². The number of likely N-dealkylation sites (N-methyl/N-ethyl adjacent to an activating group) is 1. The third-order valence-corrected chi connectivity index (χ3v) is 4.96. The number of hydrogen-bond acceptors (Lipinski definition) is 3. The molecule has 0 unspecified atom stereocenters. The maximum absolute atomic E-state index is 12.6. The number of imidazole rings is 1. The van der Waals surface area contributed by atoms with Crippen molar-refractivity contribution in [1.82, 2.24) is 19.4 Å². The average Bonchev–Trinajstić information content (AvgIpc) is 3.10. The first-order chi connectivity index (χ1) is 12.5. The van der Waals surface area contributed by atoms with Crippen LogP contribution in [0.5, 0.6) is 0 Å². The predicted molar refractivity (Wildman–Crippen MR) is 105 cm³/mol. The molecule has 1 fully saturated rings. The third kappa shape index (κ3) is 4.77. The number of urea groups is 1. The molecule has 2 heterocycles. The van der Waals surface area contributed by atoms with Gasteiger partial charge in [-0.2, -0.15) is 0 Å². The Kier molecular flexibility index (Phi) is 6.16. The van der Waals surface area contributed by atoms with Crippen LogP contribution in [0, 0.1) is 0 Å². The molecule has 1 aromatic heterocycles. The number of rotatable bonds is 5. The summed E-state index contributed by atoms with van der Waals surface area (Å²) in [4.78, 5) is 21.2. The average molecular weight is 376 g/mol. The Balaban J connectivity index is 1.63. The fourth-order valence-corrected chi connectivity index (χ4v) is 3.41. The van der Waals surface area contributed by atoms with Crippen molar-refractivity contribution in [3.05, 3.63) is 47.5 Å². The Morgan fingerprint density at radius 1 is 1.35 bits per heavy atom. The van der Waals surface area contributed by atoms with Crippen LogP contribution in [0.25, 0.3) is 0 Å². The number of carbonyl (C=O) groups excluding carboxylic acids is 1. The van der Waals surface area contributed by atoms with E-state index < -0.39 is 0 Å². The lowest BCUT2D eigenvalue weighted by Crippen LogP contribution is -2.42. The van der Waals surface area contributed by atoms with E-state index >= 15 is 0 Å². The summed E-state index contributed by atoms with van der Waals surface area (Å²) in [7, 11) is 4.14. The Hall–Kier alpha value is -2.05. The minimum absolute atomic E-state index is 0.0663. The minimum atomic E-state index is -0.0663. The quantitative estimate of drug-likeness (QED) is 0.870. The van der Waals surface area contributed by atoms with E-state index in [-0.39, 0.29) is 11.9 Å². The number of piperidine rings is 1. The summed E-state index contributed by atoms with van der Waals surface area (Å²) in [5.74, 6) is 1.35. The number of nitrogens with one attached hydrogen (secondary N) is 1. The molecule has 2 aromatic rings. The number of anilines is 1. The summed E-state index contributed by atoms with van der Waals surface area (Å²) >= 11 is 5.90. The fraction of sp³-hybridized carbons (Fsp3) is 0.474. The summed E-state index contributed by atoms with van der Waals surface area (Å²) in [6.45, 7) is 3.35. The topological polar surface area (TPSA) is 53.4 Å². The molecule has 1 aliphatic rings. The third-order valence-electron chi connectivity index (χ3n) is 4.71. The lowest BCUT2D eigenvalue weighted by Gasteiger charge is -2.32. The van der Waals surface area contributed by atoms with Gasteiger partial charge in [0.25, 0.3) is 0 Å². The molecule has 3 rings (SSSR count). The van der Waals surface area contributed by atoms with E-state index in [9.17, 15) is 4.79 Å². The molecule has 1 atom stereocenters. The fourth-order valence-electron chi connectivity index (χ4n) is 3.29. The van der Waals surface area contributed by atoms with Gasteiger partial charge in [-0.1, -0.05) is 11.6 Å². The maximum atomic E-state index is 12.6. The smallest absolute Gasteiger partial charge is 0.321 e. The van der Waals surface area contributed by atoms with Crippen LogP contribution >= 0.6 is 11.6 Å². The Morgan fingerprint density at radius 2 is 2.12 bits per heavy atom. The van der Waals surface area contributed by atoms with E-state index in [4.69, 9.17) is 11.6 Å². The Bertz CT molecular complexity index is 728. The SMILES string of the molecule is CN(C)CCn1ccnc1[C@@H]1CCCN(C(=O)Nc2ccc(Cl)cc2)C1. The van der Waals surface area contributed by atoms with Crippen LogP contribution in [-0.4, -0.2) is 59.1 Å². The van der Waals surface area contributed by atoms with Gasteiger partial charge in [0.05, 0.1) is 0 Å². The van der Waals surface area contributed by atoms with Crippen LogP contribution in [0.1, 0.15) is 24.6 Å². The maximum Gasteiger partial charge on any atom is 0.321 e. The first kappa shape index (κ1) is 18.7. The van der Waals surface area contributed by atoms with Crippen molar-refractivity contribution in [3.63, 3.8) is 0 Å². The zero-order valence-electron chi connectivity index (χ0n) is 15.4. The molecule has 26 heavy (non-hydrogen) atoms. The molecule has 0 bridgehead atoms. The van der Waals surface area contributed by atoms with Crippen molar-refractivity contribution in [2.24, 2.45) is 0 Å². The number of amides is 2. The molecular weight excluding hydrogens is 350 g/mol. The van der Waals surface area contributed by atoms with Gasteiger partial charge in [-0.15, -0.1) is 0 Å². The summed E-state index contributed by atoms with van der Waals surface area (Å²) in [6.07, 6.45) is 5.94. The van der Waals surface area contributed by atoms with Gasteiger partial charge in [0, 0.05) is 55.2 Å². The van der Waals surface area contributed by atoms with E-state index in [0.717, 1.165) is 44.0 Å². The van der Waals surface area contributed by atoms with Gasteiger partial charge in [-0.25, -0.2) is 9.78 Å². The van der Waals surface area contributed by atoms with Crippen molar-refractivity contribution >= 4 is 23.3 Å². The molecule has 1 saturated heterocycles. The summed E-state index contributed by atoms with van der Waals surface area (Å²) in [5.41, 5.74) is 0.758. The van der Waals surface area contributed by atoms with Gasteiger partial charge < -0.3 is 19.7 Å². The Morgan fingerprint density at radius 3 is 2.85 bits per heavy atom. The number of aromatic nitrogens is 2. The first-order valence-electron chi connectivity index (χ1n) is 9.00. The van der Waals surface area contributed by atoms with Gasteiger partial charge in [0.15, 0.2) is 0 Å². The van der Waals surface area contributed by atoms with E-state index in [0.29, 0.717) is 11.6 Å². The largest absolute Gasteiger partial charge is 0.333 e. The summed E-state index contributed by atoms with van der Waals surface area (Å²) in [5, 5.41) is 3.61. The number of nitrogens with zero attached hydrogens (tertiary/aromatic N) is 4. The van der Waals surface area contributed by atoms with Crippen molar-refractivity contribution in [1.29, 1.82) is 0 Å². The zero-order chi connectivity index (χ0) is 18.5. The highest BCUT2D eigenvalue weighted by atomic mass is 35.5. The molecule has 1 aromatic carbocycles. The van der Waals surface area contributed by atoms with Crippen molar-refractivity contribution in [2.75, 3.05) is 39.0 Å². The monoisotopic (exact) mass is 375 g/mol. The predicted octanol–water partition coefficient (Wildman–Crippen LogP) is 3.51. The molecule has 1 N–H and O–H groups in total. The van der Waals surface area contributed by atoms with Crippen LogP contribution in [0.2, 0.25) is 5.02 Å². The van der Waals surface area contributed by atoms with Gasteiger partial charge >= 0.3 is 6.03 Å². The number of hydrogen-bond donors (Lipinski definition) is 1. The van der Waals surface area contributed by atoms with Crippen LogP contribution in [0.4, 0.5) is 10.5 Å². The molecular formula is C19H26ClN5O. The highest BCUT2D eigenvalue weighted by Crippen LogP contribution is 2.26. The van der Waals surface area contributed by atoms with Crippen molar-refractivity contribution in [2.45, 2.75) is 25.3 Å². The van der Waals surface area contributed by atoms with Crippen molar-refractivity contribution in [3.8, 4) is 0 Å². The highest BCUT2D eigenvalue weighted by Gasteiger charge is 2.27. The number of carbonyl (C=O) groups is 1. The Labute approximate surface area is 159 Å². The second-order valence-electron chi connectivity index (χ2n) is 7.00. The lowest BCUT2D eigenvalue weighted by molar-refractivity contribution is 0.190. The number of halogens is 1. The van der Waals surface area contributed by atoms with E-state index in [2.05, 4.69) is 33.9 Å². The van der Waals surface area contributed by atoms with Gasteiger partial charge in [0.1, 0.15) is 5.82 Å². The normalized spacial score (nSPS) is 17.5. The second-order valence-corrected chi connectivity index (χ2v) is 7.44. The van der Waals surface area contributed by atoms with Crippen molar-refractivity contribution < 1.29 is 4.79 Å². The number of benzene rings is 1. The summed E-state index contributed by atoms with van der Waals surface area (Å²) in [6, 6.07) is 7.11. The zero-order valence-corrected chi connectivity index (χ0v) is 16.1. The summed E-state index contributed by atoms with van der Waals surface area (Å²) < 4.78 is 2.21. The number of likely N-dealkylation sites (tertiary alicyclic amines) is 1. The molecule has 140 valence electrons. The second kappa shape index (κ2) is 8.56. The van der Waals surface area contributed by atoms with E-state index in [1.807, 2.05) is 29.4 Å². The highest BCUT2D eigenvalue weighted by molar-refractivity contribution is 6.30. The van der Waals surface area contributed by atoms with Crippen LogP contribution in [-0.2, 0) is 6.54 Å². The molecule has 0 spiro atoms. The molecule has 6 nitrogen and oxygen atoms in total. The van der Waals surface area contributed by atoms with Gasteiger partial charge in [0.2, 0.25) is 0 Å². The van der Waals surface area contributed by atoms with Crippen LogP contribution in [0.3, 0.4) is 0 Å². The van der Waals surface area contributed by atoms with Crippen LogP contribution < -0.4 is 5.32 Å². The molecule has 0 aliphatic carbocycles. The standard InChI is InChI=1S/C19H26ClN5O/c1-23(2)12-13-24-11-9-21-18(24)15-4-3-10-25(14-15)19(26)22-17-7-5-16(20)6-8-17/h5-9,11,15H,3-4,10,12-14H2,1-2H3,(H,22,26)/t15-/m1/s1.